The first-order chi connectivity index (χ1) is 10.3. The molecule has 1 aromatic rings. The number of benzene rings is 1. The summed E-state index contributed by atoms with van der Waals surface area (Å²) in [6, 6.07) is 8.49. The van der Waals surface area contributed by atoms with Crippen LogP contribution in [-0.2, 0) is 6.54 Å². The molecule has 2 amide bonds. The molecule has 2 saturated heterocycles. The average molecular weight is 289 g/mol. The fraction of sp³-hybridized carbons (Fsp3) is 0.562. The number of urea groups is 1. The number of carbonyl (C=O) groups is 1. The smallest absolute Gasteiger partial charge is 0.320 e. The van der Waals surface area contributed by atoms with Crippen molar-refractivity contribution in [2.45, 2.75) is 25.4 Å². The lowest BCUT2D eigenvalue weighted by molar-refractivity contribution is 0.164. The molecule has 0 aromatic heterocycles. The molecule has 1 N–H and O–H groups in total. The van der Waals surface area contributed by atoms with Crippen LogP contribution in [0.25, 0.3) is 0 Å². The minimum Gasteiger partial charge on any atom is -0.496 e. The van der Waals surface area contributed by atoms with Gasteiger partial charge in [-0.1, -0.05) is 18.2 Å². The Labute approximate surface area is 125 Å². The number of hydrogen-bond acceptors (Lipinski definition) is 3. The first kappa shape index (κ1) is 14.2. The predicted molar refractivity (Wildman–Crippen MR) is 81.4 cm³/mol. The lowest BCUT2D eigenvalue weighted by Gasteiger charge is -2.31. The van der Waals surface area contributed by atoms with E-state index in [0.29, 0.717) is 12.6 Å². The van der Waals surface area contributed by atoms with Crippen molar-refractivity contribution in [3.63, 3.8) is 0 Å². The predicted octanol–water partition coefficient (Wildman–Crippen LogP) is 1.68. The normalized spacial score (nSPS) is 20.1. The largest absolute Gasteiger partial charge is 0.496 e. The maximum atomic E-state index is 12.6. The summed E-state index contributed by atoms with van der Waals surface area (Å²) in [5.74, 6) is 0.852. The van der Waals surface area contributed by atoms with Crippen LogP contribution in [0.15, 0.2) is 24.3 Å². The lowest BCUT2D eigenvalue weighted by atomic mass is 10.1. The van der Waals surface area contributed by atoms with Crippen LogP contribution in [0.3, 0.4) is 0 Å². The number of para-hydroxylation sites is 1. The summed E-state index contributed by atoms with van der Waals surface area (Å²) in [6.07, 6.45) is 2.13. The SMILES string of the molecule is COc1ccccc1CN1CCN(C2CCNCC2)C1=O. The summed E-state index contributed by atoms with van der Waals surface area (Å²) >= 11 is 0. The third kappa shape index (κ3) is 2.97. The van der Waals surface area contributed by atoms with Crippen LogP contribution in [0.4, 0.5) is 4.79 Å². The van der Waals surface area contributed by atoms with E-state index in [0.717, 1.165) is 50.3 Å². The second kappa shape index (κ2) is 6.35. The summed E-state index contributed by atoms with van der Waals surface area (Å²) in [6.45, 7) is 4.31. The molecular weight excluding hydrogens is 266 g/mol. The molecule has 0 unspecified atom stereocenters. The molecule has 0 spiro atoms. The summed E-state index contributed by atoms with van der Waals surface area (Å²) in [4.78, 5) is 16.6. The summed E-state index contributed by atoms with van der Waals surface area (Å²) < 4.78 is 5.37. The highest BCUT2D eigenvalue weighted by atomic mass is 16.5. The molecule has 114 valence electrons. The molecule has 0 bridgehead atoms. The zero-order valence-corrected chi connectivity index (χ0v) is 12.5. The van der Waals surface area contributed by atoms with Gasteiger partial charge in [0, 0.05) is 24.7 Å². The van der Waals surface area contributed by atoms with E-state index >= 15 is 0 Å². The number of nitrogens with one attached hydrogen (secondary N) is 1. The molecular formula is C16H23N3O2. The van der Waals surface area contributed by atoms with Gasteiger partial charge in [-0.2, -0.15) is 0 Å². The van der Waals surface area contributed by atoms with Gasteiger partial charge in [0.15, 0.2) is 0 Å². The van der Waals surface area contributed by atoms with Crippen molar-refractivity contribution in [1.82, 2.24) is 15.1 Å². The summed E-state index contributed by atoms with van der Waals surface area (Å²) in [7, 11) is 1.67. The number of ether oxygens (including phenoxy) is 1. The van der Waals surface area contributed by atoms with Crippen molar-refractivity contribution in [2.75, 3.05) is 33.3 Å². The fourth-order valence-electron chi connectivity index (χ4n) is 3.24. The maximum absolute atomic E-state index is 12.6. The van der Waals surface area contributed by atoms with E-state index in [2.05, 4.69) is 10.2 Å². The van der Waals surface area contributed by atoms with Gasteiger partial charge in [-0.15, -0.1) is 0 Å². The highest BCUT2D eigenvalue weighted by Gasteiger charge is 2.34. The van der Waals surface area contributed by atoms with Crippen LogP contribution in [0.2, 0.25) is 0 Å². The van der Waals surface area contributed by atoms with Crippen LogP contribution in [0.5, 0.6) is 5.75 Å². The molecule has 2 heterocycles. The molecule has 0 radical (unpaired) electrons. The number of nitrogens with zero attached hydrogens (tertiary/aromatic N) is 2. The fourth-order valence-corrected chi connectivity index (χ4v) is 3.24. The molecule has 5 heteroatoms. The highest BCUT2D eigenvalue weighted by molar-refractivity contribution is 5.77. The van der Waals surface area contributed by atoms with E-state index in [1.54, 1.807) is 7.11 Å². The van der Waals surface area contributed by atoms with Crippen molar-refractivity contribution < 1.29 is 9.53 Å². The van der Waals surface area contributed by atoms with Crippen LogP contribution in [-0.4, -0.2) is 55.2 Å². The van der Waals surface area contributed by atoms with Gasteiger partial charge in [0.05, 0.1) is 13.7 Å². The first-order valence-corrected chi connectivity index (χ1v) is 7.68. The Morgan fingerprint density at radius 2 is 2.00 bits per heavy atom. The second-order valence-corrected chi connectivity index (χ2v) is 5.69. The van der Waals surface area contributed by atoms with E-state index in [1.165, 1.54) is 0 Å². The van der Waals surface area contributed by atoms with Gasteiger partial charge in [-0.25, -0.2) is 4.79 Å². The van der Waals surface area contributed by atoms with Crippen LogP contribution in [0.1, 0.15) is 18.4 Å². The molecule has 1 aromatic carbocycles. The minimum absolute atomic E-state index is 0.174. The number of rotatable bonds is 4. The first-order valence-electron chi connectivity index (χ1n) is 7.68. The van der Waals surface area contributed by atoms with E-state index < -0.39 is 0 Å². The molecule has 0 aliphatic carbocycles. The molecule has 21 heavy (non-hydrogen) atoms. The molecule has 2 aliphatic rings. The van der Waals surface area contributed by atoms with Crippen molar-refractivity contribution in [3.05, 3.63) is 29.8 Å². The number of carbonyl (C=O) groups excluding carboxylic acids is 1. The summed E-state index contributed by atoms with van der Waals surface area (Å²) in [5.41, 5.74) is 1.07. The number of hydrogen-bond donors (Lipinski definition) is 1. The van der Waals surface area contributed by atoms with Crippen molar-refractivity contribution in [2.24, 2.45) is 0 Å². The Balaban J connectivity index is 1.66. The van der Waals surface area contributed by atoms with E-state index in [-0.39, 0.29) is 6.03 Å². The van der Waals surface area contributed by atoms with E-state index in [9.17, 15) is 4.79 Å². The zero-order valence-electron chi connectivity index (χ0n) is 12.5. The van der Waals surface area contributed by atoms with Crippen LogP contribution in [0, 0.1) is 0 Å². The van der Waals surface area contributed by atoms with Crippen molar-refractivity contribution >= 4 is 6.03 Å². The third-order valence-corrected chi connectivity index (χ3v) is 4.43. The molecule has 3 rings (SSSR count). The summed E-state index contributed by atoms with van der Waals surface area (Å²) in [5, 5.41) is 3.35. The van der Waals surface area contributed by atoms with Gasteiger partial charge in [0.25, 0.3) is 0 Å². The average Bonchev–Trinajstić information content (AvgIpc) is 2.90. The number of methoxy groups -OCH3 is 1. The zero-order chi connectivity index (χ0) is 14.7. The highest BCUT2D eigenvalue weighted by Crippen LogP contribution is 2.24. The van der Waals surface area contributed by atoms with Gasteiger partial charge in [0.1, 0.15) is 5.75 Å². The monoisotopic (exact) mass is 289 g/mol. The lowest BCUT2D eigenvalue weighted by Crippen LogP contribution is -2.45. The van der Waals surface area contributed by atoms with Gasteiger partial charge in [0.2, 0.25) is 0 Å². The molecule has 2 aliphatic heterocycles. The topological polar surface area (TPSA) is 44.8 Å². The quantitative estimate of drug-likeness (QED) is 0.917. The molecule has 5 nitrogen and oxygen atoms in total. The standard InChI is InChI=1S/C16H23N3O2/c1-21-15-5-3-2-4-13(15)12-18-10-11-19(16(18)20)14-6-8-17-9-7-14/h2-5,14,17H,6-12H2,1H3. The van der Waals surface area contributed by atoms with Crippen molar-refractivity contribution in [3.8, 4) is 5.75 Å². The van der Waals surface area contributed by atoms with E-state index in [4.69, 9.17) is 4.74 Å². The van der Waals surface area contributed by atoms with Crippen LogP contribution >= 0.6 is 0 Å². The van der Waals surface area contributed by atoms with Gasteiger partial charge in [-0.05, 0) is 32.0 Å². The van der Waals surface area contributed by atoms with Gasteiger partial charge < -0.3 is 19.9 Å². The van der Waals surface area contributed by atoms with Gasteiger partial charge in [-0.3, -0.25) is 0 Å². The Morgan fingerprint density at radius 1 is 1.24 bits per heavy atom. The minimum atomic E-state index is 0.174. The second-order valence-electron chi connectivity index (χ2n) is 5.69. The van der Waals surface area contributed by atoms with Crippen LogP contribution < -0.4 is 10.1 Å². The van der Waals surface area contributed by atoms with Crippen molar-refractivity contribution in [1.29, 1.82) is 0 Å². The molecule has 2 fully saturated rings. The van der Waals surface area contributed by atoms with Gasteiger partial charge >= 0.3 is 6.03 Å². The Hall–Kier alpha value is -1.75. The Morgan fingerprint density at radius 3 is 2.76 bits per heavy atom. The molecule has 0 atom stereocenters. The maximum Gasteiger partial charge on any atom is 0.320 e. The third-order valence-electron chi connectivity index (χ3n) is 4.43. The number of piperidine rings is 1. The Kier molecular flexibility index (Phi) is 4.29. The number of amides is 2. The molecule has 0 saturated carbocycles. The Bertz CT molecular complexity index is 500. The van der Waals surface area contributed by atoms with E-state index in [1.807, 2.05) is 29.2 Å².